The van der Waals surface area contributed by atoms with Gasteiger partial charge >= 0.3 is 0 Å². The largest absolute Gasteiger partial charge is 0.349 e. The molecule has 0 N–H and O–H groups in total. The topological polar surface area (TPSA) is 18.8 Å². The van der Waals surface area contributed by atoms with Crippen LogP contribution >= 0.6 is 24.0 Å². The van der Waals surface area contributed by atoms with Crippen molar-refractivity contribution in [2.75, 3.05) is 34.7 Å². The van der Waals surface area contributed by atoms with E-state index in [1.165, 1.54) is 12.0 Å². The number of halogens is 1. The predicted molar refractivity (Wildman–Crippen MR) is 92.4 cm³/mol. The van der Waals surface area contributed by atoms with E-state index in [4.69, 9.17) is 4.99 Å². The van der Waals surface area contributed by atoms with E-state index in [9.17, 15) is 0 Å². The molecule has 0 aromatic heterocycles. The van der Waals surface area contributed by atoms with Gasteiger partial charge in [-0.25, -0.2) is 0 Å². The zero-order chi connectivity index (χ0) is 13.1. The zero-order valence-electron chi connectivity index (χ0n) is 12.2. The summed E-state index contributed by atoms with van der Waals surface area (Å²) in [5.74, 6) is 2.50. The lowest BCUT2D eigenvalue weighted by molar-refractivity contribution is 0.478. The van der Waals surface area contributed by atoms with E-state index < -0.39 is 0 Å². The van der Waals surface area contributed by atoms with Crippen LogP contribution in [0.1, 0.15) is 17.9 Å². The highest BCUT2D eigenvalue weighted by Crippen LogP contribution is 2.47. The Kier molecular flexibility index (Phi) is 6.10. The molecule has 0 saturated heterocycles. The Balaban J connectivity index is 0.00000180. The van der Waals surface area contributed by atoms with Gasteiger partial charge in [-0.05, 0) is 23.8 Å². The molecule has 0 bridgehead atoms. The molecule has 4 heteroatoms. The van der Waals surface area contributed by atoms with Crippen molar-refractivity contribution in [3.8, 4) is 0 Å². The first kappa shape index (κ1) is 16.3. The molecule has 0 heterocycles. The van der Waals surface area contributed by atoms with Crippen LogP contribution in [0.4, 0.5) is 0 Å². The summed E-state index contributed by atoms with van der Waals surface area (Å²) in [6.07, 6.45) is 1.28. The molecule has 0 aliphatic heterocycles. The number of rotatable bonds is 3. The van der Waals surface area contributed by atoms with E-state index in [-0.39, 0.29) is 24.0 Å². The molecule has 1 aliphatic rings. The number of hydrogen-bond acceptors (Lipinski definition) is 1. The summed E-state index contributed by atoms with van der Waals surface area (Å²) in [6.45, 7) is 0.936. The maximum Gasteiger partial charge on any atom is 0.195 e. The van der Waals surface area contributed by atoms with Gasteiger partial charge in [-0.3, -0.25) is 4.99 Å². The van der Waals surface area contributed by atoms with Crippen molar-refractivity contribution in [2.24, 2.45) is 10.9 Å². The van der Waals surface area contributed by atoms with Crippen LogP contribution in [0.5, 0.6) is 0 Å². The lowest BCUT2D eigenvalue weighted by atomic mass is 10.1. The highest BCUT2D eigenvalue weighted by atomic mass is 127. The Bertz CT molecular complexity index is 405. The first-order chi connectivity index (χ1) is 8.59. The van der Waals surface area contributed by atoms with Crippen molar-refractivity contribution in [3.63, 3.8) is 0 Å². The van der Waals surface area contributed by atoms with Crippen molar-refractivity contribution < 1.29 is 0 Å². The predicted octanol–water partition coefficient (Wildman–Crippen LogP) is 2.89. The Morgan fingerprint density at radius 2 is 1.68 bits per heavy atom. The zero-order valence-corrected chi connectivity index (χ0v) is 14.5. The standard InChI is InChI=1S/C15H23N3.HI/c1-17(2)15(18(3)4)16-11-13-10-14(13)12-8-6-5-7-9-12;/h5-9,13-14H,10-11H2,1-4H3;1H. The molecule has 1 aromatic carbocycles. The summed E-state index contributed by atoms with van der Waals surface area (Å²) in [5, 5.41) is 0. The number of hydrogen-bond donors (Lipinski definition) is 0. The third-order valence-electron chi connectivity index (χ3n) is 3.42. The van der Waals surface area contributed by atoms with E-state index >= 15 is 0 Å². The average Bonchev–Trinajstić information content (AvgIpc) is 3.09. The van der Waals surface area contributed by atoms with E-state index in [0.717, 1.165) is 24.3 Å². The monoisotopic (exact) mass is 373 g/mol. The second-order valence-electron chi connectivity index (χ2n) is 5.44. The summed E-state index contributed by atoms with van der Waals surface area (Å²) in [4.78, 5) is 8.87. The molecule has 1 aliphatic carbocycles. The molecule has 0 radical (unpaired) electrons. The molecule has 0 spiro atoms. The van der Waals surface area contributed by atoms with E-state index in [1.807, 2.05) is 28.2 Å². The number of benzene rings is 1. The number of guanidine groups is 1. The van der Waals surface area contributed by atoms with Gasteiger partial charge < -0.3 is 9.80 Å². The van der Waals surface area contributed by atoms with Gasteiger partial charge in [0.1, 0.15) is 0 Å². The van der Waals surface area contributed by atoms with Crippen molar-refractivity contribution in [1.82, 2.24) is 9.80 Å². The van der Waals surface area contributed by atoms with Crippen LogP contribution in [0.2, 0.25) is 0 Å². The van der Waals surface area contributed by atoms with E-state index in [2.05, 4.69) is 40.1 Å². The Morgan fingerprint density at radius 3 is 2.21 bits per heavy atom. The minimum atomic E-state index is 0. The van der Waals surface area contributed by atoms with Crippen molar-refractivity contribution in [3.05, 3.63) is 35.9 Å². The van der Waals surface area contributed by atoms with Gasteiger partial charge in [0, 0.05) is 34.7 Å². The molecular weight excluding hydrogens is 349 g/mol. The second-order valence-corrected chi connectivity index (χ2v) is 5.44. The highest BCUT2D eigenvalue weighted by Gasteiger charge is 2.37. The van der Waals surface area contributed by atoms with Crippen LogP contribution in [0, 0.1) is 5.92 Å². The molecule has 19 heavy (non-hydrogen) atoms. The van der Waals surface area contributed by atoms with Gasteiger partial charge in [0.2, 0.25) is 0 Å². The molecule has 1 aromatic rings. The lowest BCUT2D eigenvalue weighted by Gasteiger charge is -2.22. The summed E-state index contributed by atoms with van der Waals surface area (Å²) < 4.78 is 0. The Morgan fingerprint density at radius 1 is 1.11 bits per heavy atom. The second kappa shape index (κ2) is 7.12. The normalized spacial score (nSPS) is 20.2. The Hall–Kier alpha value is -0.780. The fourth-order valence-corrected chi connectivity index (χ4v) is 2.44. The average molecular weight is 373 g/mol. The fraction of sp³-hybridized carbons (Fsp3) is 0.533. The van der Waals surface area contributed by atoms with Crippen molar-refractivity contribution in [1.29, 1.82) is 0 Å². The molecule has 2 unspecified atom stereocenters. The first-order valence-electron chi connectivity index (χ1n) is 6.53. The molecule has 1 saturated carbocycles. The molecule has 3 nitrogen and oxygen atoms in total. The van der Waals surface area contributed by atoms with Gasteiger partial charge in [0.05, 0.1) is 0 Å². The van der Waals surface area contributed by atoms with Crippen LogP contribution in [-0.2, 0) is 0 Å². The molecule has 2 rings (SSSR count). The quantitative estimate of drug-likeness (QED) is 0.461. The number of nitrogens with zero attached hydrogens (tertiary/aromatic N) is 3. The molecule has 0 amide bonds. The molecule has 106 valence electrons. The molecule has 2 atom stereocenters. The van der Waals surface area contributed by atoms with Crippen molar-refractivity contribution in [2.45, 2.75) is 12.3 Å². The van der Waals surface area contributed by atoms with Gasteiger partial charge in [-0.15, -0.1) is 24.0 Å². The molecular formula is C15H24IN3. The maximum atomic E-state index is 4.73. The van der Waals surface area contributed by atoms with E-state index in [0.29, 0.717) is 0 Å². The van der Waals surface area contributed by atoms with Crippen LogP contribution in [-0.4, -0.2) is 50.5 Å². The minimum Gasteiger partial charge on any atom is -0.349 e. The SMILES string of the molecule is CN(C)C(=NCC1CC1c1ccccc1)N(C)C.I. The number of aliphatic imine (C=N–C) groups is 1. The van der Waals surface area contributed by atoms with Gasteiger partial charge in [-0.2, -0.15) is 0 Å². The van der Waals surface area contributed by atoms with Crippen LogP contribution in [0.15, 0.2) is 35.3 Å². The highest BCUT2D eigenvalue weighted by molar-refractivity contribution is 14.0. The molecule has 1 fully saturated rings. The van der Waals surface area contributed by atoms with Crippen LogP contribution in [0.3, 0.4) is 0 Å². The summed E-state index contributed by atoms with van der Waals surface area (Å²) in [5.41, 5.74) is 1.47. The summed E-state index contributed by atoms with van der Waals surface area (Å²) >= 11 is 0. The van der Waals surface area contributed by atoms with Gasteiger partial charge in [-0.1, -0.05) is 30.3 Å². The first-order valence-corrected chi connectivity index (χ1v) is 6.53. The van der Waals surface area contributed by atoms with Gasteiger partial charge in [0.15, 0.2) is 5.96 Å². The Labute approximate surface area is 133 Å². The third kappa shape index (κ3) is 4.37. The summed E-state index contributed by atoms with van der Waals surface area (Å²) in [6, 6.07) is 10.8. The van der Waals surface area contributed by atoms with Crippen molar-refractivity contribution >= 4 is 29.9 Å². The maximum absolute atomic E-state index is 4.73. The lowest BCUT2D eigenvalue weighted by Crippen LogP contribution is -2.35. The van der Waals surface area contributed by atoms with E-state index in [1.54, 1.807) is 0 Å². The summed E-state index contributed by atoms with van der Waals surface area (Å²) in [7, 11) is 8.17. The smallest absolute Gasteiger partial charge is 0.195 e. The minimum absolute atomic E-state index is 0. The fourth-order valence-electron chi connectivity index (χ4n) is 2.44. The van der Waals surface area contributed by atoms with Crippen LogP contribution in [0.25, 0.3) is 0 Å². The van der Waals surface area contributed by atoms with Gasteiger partial charge in [0.25, 0.3) is 0 Å². The third-order valence-corrected chi connectivity index (χ3v) is 3.42. The van der Waals surface area contributed by atoms with Crippen LogP contribution < -0.4 is 0 Å².